The summed E-state index contributed by atoms with van der Waals surface area (Å²) in [5, 5.41) is 8.87. The molecule has 2 rings (SSSR count). The Balaban J connectivity index is 2.11. The maximum absolute atomic E-state index is 13.1. The third kappa shape index (κ3) is 3.77. The van der Waals surface area contributed by atoms with Gasteiger partial charge in [0.25, 0.3) is 0 Å². The Morgan fingerprint density at radius 2 is 1.83 bits per heavy atom. The standard InChI is InChI=1S/C14H12F5NO3/c15-10-2-1-7(3-11(10)16)4-12(21)20-5-8(13(22)23)9(6-20)14(17,18)19/h1-3,8-9H,4-6H2,(H,22,23)/t8-,9-/m1/s1. The lowest BCUT2D eigenvalue weighted by Gasteiger charge is -2.18. The van der Waals surface area contributed by atoms with Gasteiger partial charge in [0.05, 0.1) is 18.3 Å². The maximum Gasteiger partial charge on any atom is 0.394 e. The van der Waals surface area contributed by atoms with E-state index >= 15 is 0 Å². The van der Waals surface area contributed by atoms with Crippen molar-refractivity contribution in [3.8, 4) is 0 Å². The van der Waals surface area contributed by atoms with Crippen molar-refractivity contribution in [2.24, 2.45) is 11.8 Å². The molecule has 0 spiro atoms. The van der Waals surface area contributed by atoms with Gasteiger partial charge in [0, 0.05) is 13.1 Å². The Kier molecular flexibility index (Phi) is 4.58. The number of nitrogens with zero attached hydrogens (tertiary/aromatic N) is 1. The maximum atomic E-state index is 13.1. The van der Waals surface area contributed by atoms with Gasteiger partial charge in [-0.1, -0.05) is 6.07 Å². The fourth-order valence-corrected chi connectivity index (χ4v) is 2.53. The number of hydrogen-bond donors (Lipinski definition) is 1. The largest absolute Gasteiger partial charge is 0.481 e. The van der Waals surface area contributed by atoms with Crippen LogP contribution in [0.15, 0.2) is 18.2 Å². The first kappa shape index (κ1) is 17.2. The molecule has 1 N–H and O–H groups in total. The van der Waals surface area contributed by atoms with Crippen LogP contribution in [0.2, 0.25) is 0 Å². The number of aliphatic carboxylic acids is 1. The van der Waals surface area contributed by atoms with Crippen molar-refractivity contribution >= 4 is 11.9 Å². The number of alkyl halides is 3. The zero-order chi connectivity index (χ0) is 17.4. The fourth-order valence-electron chi connectivity index (χ4n) is 2.53. The first-order valence-corrected chi connectivity index (χ1v) is 6.61. The van der Waals surface area contributed by atoms with E-state index in [-0.39, 0.29) is 5.56 Å². The molecule has 1 amide bonds. The third-order valence-corrected chi connectivity index (χ3v) is 3.75. The molecule has 1 aliphatic rings. The highest BCUT2D eigenvalue weighted by molar-refractivity contribution is 5.81. The van der Waals surface area contributed by atoms with Gasteiger partial charge in [0.1, 0.15) is 0 Å². The molecule has 0 radical (unpaired) electrons. The summed E-state index contributed by atoms with van der Waals surface area (Å²) >= 11 is 0. The zero-order valence-electron chi connectivity index (χ0n) is 11.6. The first-order chi connectivity index (χ1) is 10.6. The van der Waals surface area contributed by atoms with Gasteiger partial charge in [0.15, 0.2) is 11.6 Å². The number of benzene rings is 1. The van der Waals surface area contributed by atoms with Crippen LogP contribution in [0.1, 0.15) is 5.56 Å². The van der Waals surface area contributed by atoms with E-state index in [1.54, 1.807) is 0 Å². The number of amides is 1. The molecule has 0 bridgehead atoms. The molecule has 1 saturated heterocycles. The van der Waals surface area contributed by atoms with E-state index in [0.29, 0.717) is 0 Å². The molecule has 126 valence electrons. The number of carbonyl (C=O) groups is 2. The summed E-state index contributed by atoms with van der Waals surface area (Å²) in [7, 11) is 0. The SMILES string of the molecule is O=C(O)[C@@H]1CN(C(=O)Cc2ccc(F)c(F)c2)C[C@H]1C(F)(F)F. The number of carboxylic acid groups (broad SMARTS) is 1. The van der Waals surface area contributed by atoms with E-state index in [1.807, 2.05) is 0 Å². The van der Waals surface area contributed by atoms with Gasteiger partial charge in [-0.3, -0.25) is 9.59 Å². The lowest BCUT2D eigenvalue weighted by molar-refractivity contribution is -0.188. The zero-order valence-corrected chi connectivity index (χ0v) is 11.6. The van der Waals surface area contributed by atoms with E-state index in [4.69, 9.17) is 5.11 Å². The number of carboxylic acids is 1. The smallest absolute Gasteiger partial charge is 0.394 e. The van der Waals surface area contributed by atoms with Crippen LogP contribution in [0.3, 0.4) is 0 Å². The highest BCUT2D eigenvalue weighted by atomic mass is 19.4. The average Bonchev–Trinajstić information content (AvgIpc) is 2.88. The summed E-state index contributed by atoms with van der Waals surface area (Å²) in [4.78, 5) is 23.7. The van der Waals surface area contributed by atoms with Gasteiger partial charge >= 0.3 is 12.1 Å². The quantitative estimate of drug-likeness (QED) is 0.861. The second kappa shape index (κ2) is 6.13. The van der Waals surface area contributed by atoms with Crippen LogP contribution in [0.5, 0.6) is 0 Å². The first-order valence-electron chi connectivity index (χ1n) is 6.61. The normalized spacial score (nSPS) is 21.5. The molecule has 0 saturated carbocycles. The number of rotatable bonds is 3. The van der Waals surface area contributed by atoms with Crippen LogP contribution >= 0.6 is 0 Å². The van der Waals surface area contributed by atoms with Gasteiger partial charge < -0.3 is 10.0 Å². The minimum absolute atomic E-state index is 0.0937. The minimum atomic E-state index is -4.74. The average molecular weight is 337 g/mol. The van der Waals surface area contributed by atoms with Gasteiger partial charge in [-0.2, -0.15) is 13.2 Å². The summed E-state index contributed by atoms with van der Waals surface area (Å²) < 4.78 is 64.4. The molecule has 1 aromatic rings. The monoisotopic (exact) mass is 337 g/mol. The predicted molar refractivity (Wildman–Crippen MR) is 67.3 cm³/mol. The van der Waals surface area contributed by atoms with E-state index in [9.17, 15) is 31.5 Å². The Bertz CT molecular complexity index is 631. The van der Waals surface area contributed by atoms with E-state index < -0.39 is 61.0 Å². The summed E-state index contributed by atoms with van der Waals surface area (Å²) in [5.74, 6) is -8.55. The van der Waals surface area contributed by atoms with Crippen LogP contribution in [-0.4, -0.2) is 41.1 Å². The molecule has 0 aromatic heterocycles. The predicted octanol–water partition coefficient (Wildman–Crippen LogP) is 2.23. The van der Waals surface area contributed by atoms with Crippen LogP contribution in [-0.2, 0) is 16.0 Å². The van der Waals surface area contributed by atoms with E-state index in [0.717, 1.165) is 23.1 Å². The Morgan fingerprint density at radius 3 is 2.30 bits per heavy atom. The second-order valence-corrected chi connectivity index (χ2v) is 5.32. The van der Waals surface area contributed by atoms with Crippen LogP contribution in [0.25, 0.3) is 0 Å². The van der Waals surface area contributed by atoms with Crippen molar-refractivity contribution in [1.82, 2.24) is 4.90 Å². The van der Waals surface area contributed by atoms with E-state index in [2.05, 4.69) is 0 Å². The Hall–Kier alpha value is -2.19. The van der Waals surface area contributed by atoms with Crippen molar-refractivity contribution in [3.63, 3.8) is 0 Å². The van der Waals surface area contributed by atoms with Crippen molar-refractivity contribution in [2.75, 3.05) is 13.1 Å². The number of halogens is 5. The van der Waals surface area contributed by atoms with Crippen LogP contribution in [0, 0.1) is 23.5 Å². The van der Waals surface area contributed by atoms with Gasteiger partial charge in [-0.05, 0) is 17.7 Å². The molecule has 0 aliphatic carbocycles. The highest BCUT2D eigenvalue weighted by Gasteiger charge is 2.53. The van der Waals surface area contributed by atoms with Crippen LogP contribution in [0.4, 0.5) is 22.0 Å². The van der Waals surface area contributed by atoms with E-state index in [1.165, 1.54) is 0 Å². The lowest BCUT2D eigenvalue weighted by Crippen LogP contribution is -2.34. The molecule has 23 heavy (non-hydrogen) atoms. The van der Waals surface area contributed by atoms with Gasteiger partial charge in [-0.25, -0.2) is 8.78 Å². The molecule has 0 unspecified atom stereocenters. The van der Waals surface area contributed by atoms with Crippen molar-refractivity contribution in [3.05, 3.63) is 35.4 Å². The van der Waals surface area contributed by atoms with Crippen LogP contribution < -0.4 is 0 Å². The third-order valence-electron chi connectivity index (χ3n) is 3.75. The topological polar surface area (TPSA) is 57.6 Å². The lowest BCUT2D eigenvalue weighted by atomic mass is 9.96. The van der Waals surface area contributed by atoms with Crippen molar-refractivity contribution in [1.29, 1.82) is 0 Å². The highest BCUT2D eigenvalue weighted by Crippen LogP contribution is 2.37. The van der Waals surface area contributed by atoms with Crippen molar-refractivity contribution in [2.45, 2.75) is 12.6 Å². The summed E-state index contributed by atoms with van der Waals surface area (Å²) in [6, 6.07) is 2.72. The Morgan fingerprint density at radius 1 is 1.17 bits per heavy atom. The fraction of sp³-hybridized carbons (Fsp3) is 0.429. The molecular formula is C14H12F5NO3. The molecule has 1 aromatic carbocycles. The number of hydrogen-bond acceptors (Lipinski definition) is 2. The molecule has 1 aliphatic heterocycles. The number of carbonyl (C=O) groups excluding carboxylic acids is 1. The number of likely N-dealkylation sites (tertiary alicyclic amines) is 1. The molecule has 1 heterocycles. The van der Waals surface area contributed by atoms with Gasteiger partial charge in [-0.15, -0.1) is 0 Å². The second-order valence-electron chi connectivity index (χ2n) is 5.32. The molecule has 2 atom stereocenters. The summed E-state index contributed by atoms with van der Waals surface area (Å²) in [6.07, 6.45) is -5.17. The molecule has 1 fully saturated rings. The molecular weight excluding hydrogens is 325 g/mol. The molecule has 4 nitrogen and oxygen atoms in total. The van der Waals surface area contributed by atoms with Gasteiger partial charge in [0.2, 0.25) is 5.91 Å². The Labute approximate surface area is 127 Å². The summed E-state index contributed by atoms with van der Waals surface area (Å²) in [6.45, 7) is -1.33. The minimum Gasteiger partial charge on any atom is -0.481 e. The molecule has 9 heteroatoms. The summed E-state index contributed by atoms with van der Waals surface area (Å²) in [5.41, 5.74) is 0.0937. The van der Waals surface area contributed by atoms with Crippen molar-refractivity contribution < 1.29 is 36.6 Å².